The van der Waals surface area contributed by atoms with E-state index in [1.807, 2.05) is 0 Å². The van der Waals surface area contributed by atoms with E-state index >= 15 is 0 Å². The summed E-state index contributed by atoms with van der Waals surface area (Å²) >= 11 is 1.02. The number of nitriles is 2. The zero-order valence-electron chi connectivity index (χ0n) is 15.9. The number of alkyl halides is 6. The number of nitrogens with zero attached hydrogens (tertiary/aromatic N) is 4. The quantitative estimate of drug-likeness (QED) is 0.204. The molecule has 0 bridgehead atoms. The largest absolute Gasteiger partial charge is 0.416 e. The van der Waals surface area contributed by atoms with Gasteiger partial charge in [-0.3, -0.25) is 0 Å². The predicted octanol–water partition coefficient (Wildman–Crippen LogP) is 6.04. The average Bonchev–Trinajstić information content (AvgIpc) is 3.35. The molecule has 4 aromatic carbocycles. The molecule has 0 aliphatic rings. The van der Waals surface area contributed by atoms with Crippen LogP contribution in [-0.4, -0.2) is 0 Å². The third kappa shape index (κ3) is 2.97. The molecule has 0 N–H and O–H groups in total. The fraction of sp³-hybridized carbons (Fsp3) is 0.0909. The molecule has 0 saturated carbocycles. The molecular formula is C22H6F6N4S. The van der Waals surface area contributed by atoms with Crippen molar-refractivity contribution < 1.29 is 26.3 Å². The summed E-state index contributed by atoms with van der Waals surface area (Å²) in [5.74, 6) is 0. The van der Waals surface area contributed by atoms with E-state index in [0.29, 0.717) is 30.9 Å². The van der Waals surface area contributed by atoms with Crippen LogP contribution in [0.1, 0.15) is 11.1 Å². The van der Waals surface area contributed by atoms with Gasteiger partial charge in [-0.1, -0.05) is 12.1 Å². The first-order valence-electron chi connectivity index (χ1n) is 9.11. The highest BCUT2D eigenvalue weighted by atomic mass is 32.1. The van der Waals surface area contributed by atoms with Gasteiger partial charge in [0.05, 0.1) is 20.5 Å². The molecule has 162 valence electrons. The Balaban J connectivity index is 2.03. The molecule has 1 aromatic heterocycles. The van der Waals surface area contributed by atoms with Crippen molar-refractivity contribution >= 4 is 53.1 Å². The Bertz CT molecular complexity index is 1680. The third-order valence-corrected chi connectivity index (χ3v) is 6.61. The van der Waals surface area contributed by atoms with Crippen LogP contribution >= 0.6 is 11.3 Å². The second-order valence-corrected chi connectivity index (χ2v) is 8.17. The highest BCUT2D eigenvalue weighted by molar-refractivity contribution is 7.26. The van der Waals surface area contributed by atoms with Gasteiger partial charge in [-0.2, -0.15) is 46.9 Å². The highest BCUT2D eigenvalue weighted by Gasteiger charge is 2.33. The minimum Gasteiger partial charge on any atom is -0.172 e. The Labute approximate surface area is 183 Å². The van der Waals surface area contributed by atoms with E-state index < -0.39 is 23.5 Å². The number of halogens is 6. The van der Waals surface area contributed by atoms with Gasteiger partial charge in [-0.05, 0) is 35.0 Å². The van der Waals surface area contributed by atoms with Crippen molar-refractivity contribution in [3.63, 3.8) is 0 Å². The molecule has 5 aromatic rings. The molecule has 0 saturated heterocycles. The summed E-state index contributed by atoms with van der Waals surface area (Å²) in [4.78, 5) is 7.45. The monoisotopic (exact) mass is 472 g/mol. The molecule has 0 radical (unpaired) electrons. The summed E-state index contributed by atoms with van der Waals surface area (Å²) in [5.41, 5.74) is -1.83. The molecule has 4 nitrogen and oxygen atoms in total. The summed E-state index contributed by atoms with van der Waals surface area (Å²) in [5, 5.41) is 20.2. The van der Waals surface area contributed by atoms with Crippen LogP contribution in [0, 0.1) is 22.9 Å². The maximum absolute atomic E-state index is 13.3. The fourth-order valence-electron chi connectivity index (χ4n) is 4.11. The van der Waals surface area contributed by atoms with Crippen molar-refractivity contribution in [1.82, 2.24) is 0 Å². The lowest BCUT2D eigenvalue weighted by Gasteiger charge is -2.06. The van der Waals surface area contributed by atoms with E-state index in [9.17, 15) is 26.3 Å². The lowest BCUT2D eigenvalue weighted by atomic mass is 10.1. The SMILES string of the molecule is N#C/N=c1/c2cc(C(F)(F)F)ccc2c2c1sc1/c(=N/C#N)c3cc(C(F)(F)F)ccc3c12. The lowest BCUT2D eigenvalue weighted by Crippen LogP contribution is -2.06. The average molecular weight is 472 g/mol. The molecular weight excluding hydrogens is 466 g/mol. The standard InChI is InChI=1S/C22H6F6N4S/c23-21(24,25)9-1-3-11-13(5-9)17(31-7-29)19-15(11)16-12-4-2-10(22(26,27)28)6-14(12)18(32-8-30)20(16)33-19/h1-6H/b31-17-,32-18+. The van der Waals surface area contributed by atoms with Gasteiger partial charge in [0.2, 0.25) is 12.4 Å². The van der Waals surface area contributed by atoms with E-state index in [1.54, 1.807) is 12.4 Å². The van der Waals surface area contributed by atoms with E-state index in [2.05, 4.69) is 9.98 Å². The molecule has 0 aliphatic heterocycles. The Morgan fingerprint density at radius 2 is 1.03 bits per heavy atom. The molecule has 1 heterocycles. The summed E-state index contributed by atoms with van der Waals surface area (Å²) in [7, 11) is 0. The van der Waals surface area contributed by atoms with Crippen molar-refractivity contribution in [2.75, 3.05) is 0 Å². The van der Waals surface area contributed by atoms with Gasteiger partial charge >= 0.3 is 12.4 Å². The maximum atomic E-state index is 13.3. The second kappa shape index (κ2) is 6.77. The molecule has 0 unspecified atom stereocenters. The summed E-state index contributed by atoms with van der Waals surface area (Å²) in [6.07, 6.45) is -6.03. The topological polar surface area (TPSA) is 72.3 Å². The second-order valence-electron chi connectivity index (χ2n) is 7.15. The molecule has 33 heavy (non-hydrogen) atoms. The molecule has 0 fully saturated rings. The van der Waals surface area contributed by atoms with Crippen molar-refractivity contribution in [1.29, 1.82) is 10.5 Å². The van der Waals surface area contributed by atoms with Gasteiger partial charge in [0.1, 0.15) is 10.7 Å². The van der Waals surface area contributed by atoms with E-state index in [4.69, 9.17) is 10.5 Å². The maximum Gasteiger partial charge on any atom is 0.416 e. The molecule has 0 amide bonds. The van der Waals surface area contributed by atoms with Gasteiger partial charge in [0.25, 0.3) is 0 Å². The number of thiophene rings is 1. The first-order valence-corrected chi connectivity index (χ1v) is 9.93. The number of hydrogen-bond acceptors (Lipinski definition) is 5. The van der Waals surface area contributed by atoms with Crippen molar-refractivity contribution in [2.45, 2.75) is 12.4 Å². The summed E-state index contributed by atoms with van der Waals surface area (Å²) in [6, 6.07) is 6.11. The Kier molecular flexibility index (Phi) is 4.29. The highest BCUT2D eigenvalue weighted by Crippen LogP contribution is 2.43. The third-order valence-electron chi connectivity index (χ3n) is 5.40. The van der Waals surface area contributed by atoms with Gasteiger partial charge < -0.3 is 0 Å². The van der Waals surface area contributed by atoms with Gasteiger partial charge in [0, 0.05) is 21.5 Å². The van der Waals surface area contributed by atoms with E-state index in [0.717, 1.165) is 35.6 Å². The van der Waals surface area contributed by atoms with Crippen LogP contribution < -0.4 is 10.7 Å². The lowest BCUT2D eigenvalue weighted by molar-refractivity contribution is -0.138. The summed E-state index contributed by atoms with van der Waals surface area (Å²) < 4.78 is 80.4. The van der Waals surface area contributed by atoms with Crippen LogP contribution in [0.25, 0.3) is 41.7 Å². The molecule has 11 heteroatoms. The van der Waals surface area contributed by atoms with E-state index in [-0.39, 0.29) is 21.5 Å². The normalized spacial score (nSPS) is 14.1. The minimum atomic E-state index is -4.61. The van der Waals surface area contributed by atoms with Crippen molar-refractivity contribution in [2.24, 2.45) is 9.98 Å². The van der Waals surface area contributed by atoms with Gasteiger partial charge in [-0.25, -0.2) is 0 Å². The molecule has 0 aliphatic carbocycles. The van der Waals surface area contributed by atoms with Crippen LogP contribution in [0.2, 0.25) is 0 Å². The van der Waals surface area contributed by atoms with Crippen molar-refractivity contribution in [3.8, 4) is 12.4 Å². The number of hydrogen-bond donors (Lipinski definition) is 0. The van der Waals surface area contributed by atoms with Gasteiger partial charge in [-0.15, -0.1) is 11.3 Å². The smallest absolute Gasteiger partial charge is 0.172 e. The Morgan fingerprint density at radius 1 is 0.636 bits per heavy atom. The van der Waals surface area contributed by atoms with Crippen LogP contribution in [0.3, 0.4) is 0 Å². The molecule has 0 atom stereocenters. The van der Waals surface area contributed by atoms with Crippen LogP contribution in [0.4, 0.5) is 26.3 Å². The Morgan fingerprint density at radius 3 is 1.36 bits per heavy atom. The van der Waals surface area contributed by atoms with Crippen molar-refractivity contribution in [3.05, 3.63) is 58.2 Å². The number of benzene rings is 2. The van der Waals surface area contributed by atoms with Crippen LogP contribution in [0.15, 0.2) is 46.4 Å². The van der Waals surface area contributed by atoms with Gasteiger partial charge in [0.15, 0.2) is 0 Å². The van der Waals surface area contributed by atoms with E-state index in [1.165, 1.54) is 12.1 Å². The first-order chi connectivity index (χ1) is 15.6. The summed E-state index contributed by atoms with van der Waals surface area (Å²) in [6.45, 7) is 0. The van der Waals surface area contributed by atoms with Crippen LogP contribution in [0.5, 0.6) is 0 Å². The fourth-order valence-corrected chi connectivity index (χ4v) is 5.45. The Hall–Kier alpha value is -3.96. The molecule has 5 rings (SSSR count). The zero-order valence-corrected chi connectivity index (χ0v) is 16.7. The van der Waals surface area contributed by atoms with Crippen LogP contribution in [-0.2, 0) is 12.4 Å². The minimum absolute atomic E-state index is 0.0396. The molecule has 0 spiro atoms. The predicted molar refractivity (Wildman–Crippen MR) is 109 cm³/mol. The number of fused-ring (bicyclic) bond motifs is 7. The number of rotatable bonds is 0. The first kappa shape index (κ1) is 20.9. The zero-order chi connectivity index (χ0) is 23.7.